The maximum Gasteiger partial charge on any atom is 0.329 e. The Labute approximate surface area is 143 Å². The Balaban J connectivity index is 2.19. The van der Waals surface area contributed by atoms with Gasteiger partial charge in [0.2, 0.25) is 0 Å². The molecule has 1 aliphatic rings. The van der Waals surface area contributed by atoms with E-state index < -0.39 is 23.2 Å². The van der Waals surface area contributed by atoms with Crippen LogP contribution in [0, 0.1) is 0 Å². The Kier molecular flexibility index (Phi) is 5.90. The molecule has 122 valence electrons. The van der Waals surface area contributed by atoms with E-state index in [1.165, 1.54) is 6.92 Å². The molecule has 2 rings (SSSR count). The van der Waals surface area contributed by atoms with E-state index in [0.717, 1.165) is 27.1 Å². The smallest absolute Gasteiger partial charge is 0.329 e. The van der Waals surface area contributed by atoms with Gasteiger partial charge in [-0.3, -0.25) is 14.5 Å². The van der Waals surface area contributed by atoms with Crippen LogP contribution in [-0.2, 0) is 14.3 Å². The summed E-state index contributed by atoms with van der Waals surface area (Å²) in [6.07, 6.45) is 3.64. The maximum atomic E-state index is 12.4. The minimum Gasteiger partial charge on any atom is -0.464 e. The van der Waals surface area contributed by atoms with Crippen molar-refractivity contribution in [1.82, 2.24) is 4.90 Å². The van der Waals surface area contributed by atoms with Crippen LogP contribution in [0.15, 0.2) is 34.1 Å². The Hall–Kier alpha value is -1.73. The molecule has 0 aromatic heterocycles. The van der Waals surface area contributed by atoms with Gasteiger partial charge in [-0.05, 0) is 55.6 Å². The van der Waals surface area contributed by atoms with Crippen molar-refractivity contribution in [3.8, 4) is 0 Å². The SMILES string of the molecule is CCOC(=O)C(C)N1C(=O)S/C(=C\c2ccc(SC)cc2)C1=O. The Bertz CT molecular complexity index is 655. The number of hydrogen-bond donors (Lipinski definition) is 0. The van der Waals surface area contributed by atoms with Gasteiger partial charge in [-0.1, -0.05) is 12.1 Å². The molecule has 7 heteroatoms. The van der Waals surface area contributed by atoms with E-state index in [1.54, 1.807) is 24.8 Å². The zero-order valence-electron chi connectivity index (χ0n) is 13.1. The predicted molar refractivity (Wildman–Crippen MR) is 92.1 cm³/mol. The van der Waals surface area contributed by atoms with Gasteiger partial charge in [-0.15, -0.1) is 11.8 Å². The standard InChI is InChI=1S/C16H17NO4S2/c1-4-21-15(19)10(2)17-14(18)13(23-16(17)20)9-11-5-7-12(22-3)8-6-11/h5-10H,4H2,1-3H3/b13-9-. The number of ether oxygens (including phenoxy) is 1. The highest BCUT2D eigenvalue weighted by atomic mass is 32.2. The van der Waals surface area contributed by atoms with E-state index in [4.69, 9.17) is 4.74 Å². The van der Waals surface area contributed by atoms with Crippen LogP contribution in [0.1, 0.15) is 19.4 Å². The van der Waals surface area contributed by atoms with Gasteiger partial charge < -0.3 is 4.74 Å². The Morgan fingerprint density at radius 2 is 2.00 bits per heavy atom. The summed E-state index contributed by atoms with van der Waals surface area (Å²) < 4.78 is 4.88. The summed E-state index contributed by atoms with van der Waals surface area (Å²) >= 11 is 2.46. The highest BCUT2D eigenvalue weighted by Crippen LogP contribution is 2.34. The van der Waals surface area contributed by atoms with E-state index in [1.807, 2.05) is 30.5 Å². The molecule has 23 heavy (non-hydrogen) atoms. The molecule has 1 saturated heterocycles. The highest BCUT2D eigenvalue weighted by Gasteiger charge is 2.41. The molecule has 1 unspecified atom stereocenters. The van der Waals surface area contributed by atoms with Gasteiger partial charge in [-0.2, -0.15) is 0 Å². The third-order valence-corrected chi connectivity index (χ3v) is 4.88. The number of imide groups is 1. The normalized spacial score (nSPS) is 17.7. The summed E-state index contributed by atoms with van der Waals surface area (Å²) in [5.74, 6) is -1.05. The second kappa shape index (κ2) is 7.70. The fourth-order valence-electron chi connectivity index (χ4n) is 2.03. The summed E-state index contributed by atoms with van der Waals surface area (Å²) in [4.78, 5) is 38.6. The lowest BCUT2D eigenvalue weighted by Crippen LogP contribution is -2.42. The summed E-state index contributed by atoms with van der Waals surface area (Å²) in [5, 5.41) is -0.456. The quantitative estimate of drug-likeness (QED) is 0.460. The van der Waals surface area contributed by atoms with Gasteiger partial charge in [0, 0.05) is 4.90 Å². The molecule has 0 bridgehead atoms. The van der Waals surface area contributed by atoms with Crippen molar-refractivity contribution in [2.45, 2.75) is 24.8 Å². The van der Waals surface area contributed by atoms with Gasteiger partial charge in [-0.25, -0.2) is 4.79 Å². The molecule has 0 saturated carbocycles. The van der Waals surface area contributed by atoms with Crippen molar-refractivity contribution in [3.05, 3.63) is 34.7 Å². The molecular formula is C16H17NO4S2. The first kappa shape index (κ1) is 17.6. The van der Waals surface area contributed by atoms with Crippen LogP contribution in [-0.4, -0.2) is 40.9 Å². The number of nitrogens with zero attached hydrogens (tertiary/aromatic N) is 1. The van der Waals surface area contributed by atoms with Crippen molar-refractivity contribution in [1.29, 1.82) is 0 Å². The zero-order chi connectivity index (χ0) is 17.0. The van der Waals surface area contributed by atoms with Crippen molar-refractivity contribution in [3.63, 3.8) is 0 Å². The summed E-state index contributed by atoms with van der Waals surface area (Å²) in [6, 6.07) is 6.74. The molecule has 1 aromatic rings. The summed E-state index contributed by atoms with van der Waals surface area (Å²) in [7, 11) is 0. The number of carbonyl (C=O) groups excluding carboxylic acids is 3. The molecule has 0 N–H and O–H groups in total. The van der Waals surface area contributed by atoms with E-state index in [2.05, 4.69) is 0 Å². The lowest BCUT2D eigenvalue weighted by molar-refractivity contribution is -0.150. The molecule has 1 aromatic carbocycles. The van der Waals surface area contributed by atoms with Crippen LogP contribution in [0.25, 0.3) is 6.08 Å². The van der Waals surface area contributed by atoms with E-state index >= 15 is 0 Å². The number of benzene rings is 1. The second-order valence-corrected chi connectivity index (χ2v) is 6.63. The first-order valence-electron chi connectivity index (χ1n) is 7.05. The van der Waals surface area contributed by atoms with Gasteiger partial charge >= 0.3 is 5.97 Å². The van der Waals surface area contributed by atoms with Crippen molar-refractivity contribution in [2.24, 2.45) is 0 Å². The fourth-order valence-corrected chi connectivity index (χ4v) is 3.35. The molecule has 0 spiro atoms. The minimum absolute atomic E-state index is 0.205. The van der Waals surface area contributed by atoms with Crippen LogP contribution in [0.3, 0.4) is 0 Å². The number of esters is 1. The number of hydrogen-bond acceptors (Lipinski definition) is 6. The predicted octanol–water partition coefficient (Wildman–Crippen LogP) is 3.40. The Morgan fingerprint density at radius 1 is 1.35 bits per heavy atom. The largest absolute Gasteiger partial charge is 0.464 e. The van der Waals surface area contributed by atoms with E-state index in [-0.39, 0.29) is 6.61 Å². The average Bonchev–Trinajstić information content (AvgIpc) is 2.81. The topological polar surface area (TPSA) is 63.7 Å². The molecule has 1 fully saturated rings. The van der Waals surface area contributed by atoms with Crippen molar-refractivity contribution < 1.29 is 19.1 Å². The van der Waals surface area contributed by atoms with Gasteiger partial charge in [0.25, 0.3) is 11.1 Å². The molecule has 2 amide bonds. The molecule has 0 aliphatic carbocycles. The Morgan fingerprint density at radius 3 is 2.57 bits per heavy atom. The third kappa shape index (κ3) is 3.97. The lowest BCUT2D eigenvalue weighted by Gasteiger charge is -2.19. The van der Waals surface area contributed by atoms with E-state index in [0.29, 0.717) is 4.91 Å². The first-order chi connectivity index (χ1) is 11.0. The third-order valence-electron chi connectivity index (χ3n) is 3.25. The van der Waals surface area contributed by atoms with Crippen LogP contribution in [0.5, 0.6) is 0 Å². The fraction of sp³-hybridized carbons (Fsp3) is 0.312. The number of rotatable bonds is 5. The second-order valence-electron chi connectivity index (χ2n) is 4.75. The first-order valence-corrected chi connectivity index (χ1v) is 9.09. The van der Waals surface area contributed by atoms with Crippen LogP contribution < -0.4 is 0 Å². The van der Waals surface area contributed by atoms with Crippen molar-refractivity contribution >= 4 is 46.7 Å². The van der Waals surface area contributed by atoms with Crippen LogP contribution in [0.2, 0.25) is 0 Å². The highest BCUT2D eigenvalue weighted by molar-refractivity contribution is 8.18. The zero-order valence-corrected chi connectivity index (χ0v) is 14.7. The van der Waals surface area contributed by atoms with Crippen LogP contribution >= 0.6 is 23.5 Å². The average molecular weight is 351 g/mol. The number of thioether (sulfide) groups is 2. The molecule has 1 atom stereocenters. The molecule has 1 heterocycles. The maximum absolute atomic E-state index is 12.4. The molecule has 0 radical (unpaired) electrons. The summed E-state index contributed by atoms with van der Waals surface area (Å²) in [6.45, 7) is 3.37. The lowest BCUT2D eigenvalue weighted by atomic mass is 10.2. The monoisotopic (exact) mass is 351 g/mol. The van der Waals surface area contributed by atoms with Crippen molar-refractivity contribution in [2.75, 3.05) is 12.9 Å². The molecular weight excluding hydrogens is 334 g/mol. The summed E-state index contributed by atoms with van der Waals surface area (Å²) in [5.41, 5.74) is 0.831. The van der Waals surface area contributed by atoms with Gasteiger partial charge in [0.15, 0.2) is 0 Å². The van der Waals surface area contributed by atoms with E-state index in [9.17, 15) is 14.4 Å². The van der Waals surface area contributed by atoms with Crippen LogP contribution in [0.4, 0.5) is 4.79 Å². The number of carbonyl (C=O) groups is 3. The van der Waals surface area contributed by atoms with Gasteiger partial charge in [0.1, 0.15) is 6.04 Å². The minimum atomic E-state index is -0.924. The van der Waals surface area contributed by atoms with Gasteiger partial charge in [0.05, 0.1) is 11.5 Å². The molecule has 1 aliphatic heterocycles. The molecule has 5 nitrogen and oxygen atoms in total. The number of amides is 2.